The Kier molecular flexibility index (Phi) is 8.11. The number of imidazole rings is 2. The van der Waals surface area contributed by atoms with Crippen LogP contribution in [0.4, 0.5) is 5.82 Å². The minimum Gasteiger partial charge on any atom is -0.390 e. The van der Waals surface area contributed by atoms with Crippen LogP contribution in [-0.4, -0.2) is 108 Å². The predicted molar refractivity (Wildman–Crippen MR) is 141 cm³/mol. The molecule has 0 aromatic carbocycles. The minimum absolute atomic E-state index is 0.00839. The van der Waals surface area contributed by atoms with Crippen LogP contribution in [0.15, 0.2) is 30.0 Å². The minimum atomic E-state index is -5.07. The number of phosphoric ester groups is 2. The van der Waals surface area contributed by atoms with Crippen LogP contribution < -0.4 is 11.3 Å². The highest BCUT2D eigenvalue weighted by Gasteiger charge is 2.50. The molecule has 0 aliphatic carbocycles. The van der Waals surface area contributed by atoms with Gasteiger partial charge in [-0.15, -0.1) is 0 Å². The van der Waals surface area contributed by atoms with E-state index in [-0.39, 0.29) is 28.9 Å². The summed E-state index contributed by atoms with van der Waals surface area (Å²) < 4.78 is 53.3. The molecule has 2 fully saturated rings. The quantitative estimate of drug-likeness (QED) is 0.0909. The van der Waals surface area contributed by atoms with E-state index >= 15 is 0 Å². The van der Waals surface area contributed by atoms with E-state index in [0.717, 1.165) is 6.33 Å². The Bertz CT molecular complexity index is 1830. The zero-order valence-corrected chi connectivity index (χ0v) is 23.9. The molecular weight excluding hydrogens is 636 g/mol. The van der Waals surface area contributed by atoms with E-state index < -0.39 is 77.4 Å². The molecule has 2 unspecified atom stereocenters. The summed E-state index contributed by atoms with van der Waals surface area (Å²) in [6.07, 6.45) is -4.50. The van der Waals surface area contributed by atoms with Crippen LogP contribution in [0.25, 0.3) is 22.2 Å². The summed E-state index contributed by atoms with van der Waals surface area (Å²) in [6, 6.07) is 0. The van der Waals surface area contributed by atoms with Gasteiger partial charge in [0.25, 0.3) is 5.56 Å². The number of nitrogens with zero attached hydrogens (tertiary/aromatic N) is 7. The lowest BCUT2D eigenvalue weighted by Gasteiger charge is -2.24. The van der Waals surface area contributed by atoms with Crippen LogP contribution >= 0.6 is 15.6 Å². The second kappa shape index (κ2) is 11.6. The Morgan fingerprint density at radius 1 is 1.00 bits per heavy atom. The van der Waals surface area contributed by atoms with Gasteiger partial charge in [0.2, 0.25) is 0 Å². The average molecular weight is 661 g/mol. The molecule has 6 rings (SSSR count). The van der Waals surface area contributed by atoms with Gasteiger partial charge in [0.15, 0.2) is 23.2 Å². The first-order chi connectivity index (χ1) is 20.8. The summed E-state index contributed by atoms with van der Waals surface area (Å²) in [6.45, 7) is -1.52. The van der Waals surface area contributed by atoms with Crippen molar-refractivity contribution in [1.29, 1.82) is 0 Å². The molecule has 4 aromatic rings. The summed E-state index contributed by atoms with van der Waals surface area (Å²) in [5, 5.41) is 27.6. The number of rotatable bonds is 10. The van der Waals surface area contributed by atoms with Gasteiger partial charge in [0.05, 0.1) is 43.7 Å². The molecule has 0 radical (unpaired) electrons. The maximum absolute atomic E-state index is 13.0. The standard InChI is InChI=1S/C20H25N9O13P2/c21-17-14-18(23-5-22-17)29(7-25-14)20-15(31)16(11(41-20)4-38-43(33,34)35)42-44(36,37)39-3-10-9(30)1-12(40-10)28-6-24-13-8(28)2-26-27-19(13)32/h2,5-7,9-12,15-16,20,30-31H,1,3-4H2,(H,27,32)(H,36,37)(H2,21,22,23)(H2,33,34,35)/t9-,10+,11+,12+,15+,16?,20+/m0/s1. The zero-order valence-electron chi connectivity index (χ0n) is 22.1. The zero-order chi connectivity index (χ0) is 31.4. The number of H-pyrrole nitrogens is 1. The van der Waals surface area contributed by atoms with Crippen LogP contribution in [0.3, 0.4) is 0 Å². The molecule has 44 heavy (non-hydrogen) atoms. The van der Waals surface area contributed by atoms with Crippen LogP contribution in [0.5, 0.6) is 0 Å². The van der Waals surface area contributed by atoms with Gasteiger partial charge in [-0.05, 0) is 0 Å². The normalized spacial score (nSPS) is 29.1. The van der Waals surface area contributed by atoms with E-state index in [1.165, 1.54) is 28.0 Å². The fraction of sp³-hybridized carbons (Fsp3) is 0.500. The second-order valence-corrected chi connectivity index (χ2v) is 12.4. The van der Waals surface area contributed by atoms with E-state index in [1.807, 2.05) is 0 Å². The van der Waals surface area contributed by atoms with Gasteiger partial charge in [-0.25, -0.2) is 34.2 Å². The van der Waals surface area contributed by atoms with Gasteiger partial charge in [0, 0.05) is 6.42 Å². The van der Waals surface area contributed by atoms with Crippen molar-refractivity contribution < 1.29 is 57.1 Å². The van der Waals surface area contributed by atoms with Crippen molar-refractivity contribution in [2.24, 2.45) is 0 Å². The molecule has 238 valence electrons. The van der Waals surface area contributed by atoms with Gasteiger partial charge >= 0.3 is 15.6 Å². The maximum atomic E-state index is 13.0. The number of nitrogens with two attached hydrogens (primary N) is 1. The second-order valence-electron chi connectivity index (χ2n) is 9.78. The molecule has 2 aliphatic rings. The molecule has 24 heteroatoms. The number of phosphoric acid groups is 2. The molecule has 0 spiro atoms. The maximum Gasteiger partial charge on any atom is 0.472 e. The van der Waals surface area contributed by atoms with Crippen LogP contribution in [0.1, 0.15) is 18.9 Å². The van der Waals surface area contributed by atoms with Crippen molar-refractivity contribution in [3.05, 3.63) is 35.5 Å². The van der Waals surface area contributed by atoms with Crippen LogP contribution in [-0.2, 0) is 32.2 Å². The molecular formula is C20H25N9O13P2. The van der Waals surface area contributed by atoms with Crippen molar-refractivity contribution in [3.63, 3.8) is 0 Å². The highest BCUT2D eigenvalue weighted by Crippen LogP contribution is 2.50. The number of aromatic amines is 1. The molecule has 22 nitrogen and oxygen atoms in total. The van der Waals surface area contributed by atoms with Crippen molar-refractivity contribution in [2.75, 3.05) is 18.9 Å². The molecule has 4 aromatic heterocycles. The molecule has 2 aliphatic heterocycles. The summed E-state index contributed by atoms with van der Waals surface area (Å²) in [7, 11) is -10.1. The number of nitrogen functional groups attached to an aromatic ring is 1. The van der Waals surface area contributed by atoms with E-state index in [9.17, 15) is 29.0 Å². The number of anilines is 1. The van der Waals surface area contributed by atoms with Crippen LogP contribution in [0.2, 0.25) is 0 Å². The van der Waals surface area contributed by atoms with Crippen molar-refractivity contribution in [2.45, 2.75) is 49.4 Å². The molecule has 6 heterocycles. The van der Waals surface area contributed by atoms with Gasteiger partial charge in [-0.3, -0.25) is 22.9 Å². The lowest BCUT2D eigenvalue weighted by Crippen LogP contribution is -2.36. The fourth-order valence-electron chi connectivity index (χ4n) is 4.94. The number of fused-ring (bicyclic) bond motifs is 2. The van der Waals surface area contributed by atoms with Crippen molar-refractivity contribution in [3.8, 4) is 0 Å². The number of hydrogen-bond donors (Lipinski definition) is 7. The molecule has 0 bridgehead atoms. The number of hydrogen-bond acceptors (Lipinski definition) is 16. The largest absolute Gasteiger partial charge is 0.472 e. The number of aliphatic hydroxyl groups is 2. The van der Waals surface area contributed by atoms with Gasteiger partial charge in [-0.2, -0.15) is 5.10 Å². The summed E-state index contributed by atoms with van der Waals surface area (Å²) >= 11 is 0. The Labute approximate surface area is 244 Å². The first kappa shape index (κ1) is 30.8. The highest BCUT2D eigenvalue weighted by molar-refractivity contribution is 7.47. The third-order valence-corrected chi connectivity index (χ3v) is 8.42. The Morgan fingerprint density at radius 3 is 2.50 bits per heavy atom. The van der Waals surface area contributed by atoms with E-state index in [4.69, 9.17) is 34.0 Å². The summed E-state index contributed by atoms with van der Waals surface area (Å²) in [4.78, 5) is 56.7. The first-order valence-electron chi connectivity index (χ1n) is 12.7. The van der Waals surface area contributed by atoms with Gasteiger partial charge in [-0.1, -0.05) is 0 Å². The Balaban J connectivity index is 1.16. The Morgan fingerprint density at radius 2 is 1.73 bits per heavy atom. The molecule has 8 N–H and O–H groups in total. The highest BCUT2D eigenvalue weighted by atomic mass is 31.2. The van der Waals surface area contributed by atoms with Crippen LogP contribution in [0, 0.1) is 0 Å². The van der Waals surface area contributed by atoms with E-state index in [2.05, 4.69) is 34.7 Å². The topological polar surface area (TPSA) is 315 Å². The number of nitrogens with one attached hydrogen (secondary N) is 1. The monoisotopic (exact) mass is 661 g/mol. The van der Waals surface area contributed by atoms with Crippen molar-refractivity contribution in [1.82, 2.24) is 39.3 Å². The summed E-state index contributed by atoms with van der Waals surface area (Å²) in [5.74, 6) is 0.0220. The average Bonchev–Trinajstić information content (AvgIpc) is 3.72. The SMILES string of the molecule is Nc1ncnc2c1ncn2[C@@H]1O[C@H](COP(=O)(O)O)C(OP(=O)(O)OC[C@H]2O[C@@H](n3cnc4c(=O)[nH]ncc43)C[C@@H]2O)[C@H]1O. The molecule has 0 saturated carbocycles. The Hall–Kier alpha value is -3.24. The number of ether oxygens (including phenoxy) is 2. The summed E-state index contributed by atoms with van der Waals surface area (Å²) in [5.41, 5.74) is 5.98. The lowest BCUT2D eigenvalue weighted by molar-refractivity contribution is -0.0550. The van der Waals surface area contributed by atoms with Crippen molar-refractivity contribution >= 4 is 43.7 Å². The number of aromatic nitrogens is 8. The molecule has 2 saturated heterocycles. The van der Waals surface area contributed by atoms with E-state index in [0.29, 0.717) is 5.52 Å². The lowest BCUT2D eigenvalue weighted by atomic mass is 10.1. The fourth-order valence-corrected chi connectivity index (χ4v) is 6.24. The van der Waals surface area contributed by atoms with Gasteiger partial charge < -0.3 is 44.7 Å². The molecule has 0 amide bonds. The predicted octanol–water partition coefficient (Wildman–Crippen LogP) is -1.94. The van der Waals surface area contributed by atoms with Gasteiger partial charge in [0.1, 0.15) is 42.5 Å². The van der Waals surface area contributed by atoms with E-state index in [1.54, 1.807) is 0 Å². The third-order valence-electron chi connectivity index (χ3n) is 6.95. The molecule has 8 atom stereocenters. The number of aliphatic hydroxyl groups excluding tert-OH is 2. The first-order valence-corrected chi connectivity index (χ1v) is 15.7. The smallest absolute Gasteiger partial charge is 0.390 e. The third kappa shape index (κ3) is 6.03.